The predicted octanol–water partition coefficient (Wildman–Crippen LogP) is 3.01. The summed E-state index contributed by atoms with van der Waals surface area (Å²) in [6.07, 6.45) is -2.78. The maximum atomic E-state index is 12.9. The summed E-state index contributed by atoms with van der Waals surface area (Å²) in [4.78, 5) is 19.2. The van der Waals surface area contributed by atoms with Crippen molar-refractivity contribution in [3.8, 4) is 0 Å². The van der Waals surface area contributed by atoms with Gasteiger partial charge in [-0.3, -0.25) is 9.36 Å². The first-order valence-electron chi connectivity index (χ1n) is 7.75. The first-order valence-corrected chi connectivity index (χ1v) is 9.64. The van der Waals surface area contributed by atoms with Crippen molar-refractivity contribution in [1.29, 1.82) is 0 Å². The molecule has 0 radical (unpaired) electrons. The Morgan fingerprint density at radius 3 is 2.78 bits per heavy atom. The van der Waals surface area contributed by atoms with E-state index in [1.165, 1.54) is 22.0 Å². The highest BCUT2D eigenvalue weighted by Gasteiger charge is 2.31. The Hall–Kier alpha value is -2.08. The molecule has 0 amide bonds. The molecular formula is C17H11F3IN3O2S. The van der Waals surface area contributed by atoms with Crippen molar-refractivity contribution >= 4 is 45.7 Å². The fourth-order valence-corrected chi connectivity index (χ4v) is 4.07. The van der Waals surface area contributed by atoms with Gasteiger partial charge in [0.05, 0.1) is 10.1 Å². The number of halogens is 4. The summed E-state index contributed by atoms with van der Waals surface area (Å²) in [6, 6.07) is 8.56. The number of thiazole rings is 1. The average molecular weight is 505 g/mol. The number of benzene rings is 1. The minimum atomic E-state index is -4.42. The third-order valence-corrected chi connectivity index (χ3v) is 5.61. The van der Waals surface area contributed by atoms with E-state index in [1.54, 1.807) is 29.2 Å². The molecule has 1 aliphatic rings. The predicted molar refractivity (Wildman–Crippen MR) is 103 cm³/mol. The fraction of sp³-hybridized carbons (Fsp3) is 0.176. The van der Waals surface area contributed by atoms with Gasteiger partial charge in [-0.1, -0.05) is 17.4 Å². The summed E-state index contributed by atoms with van der Waals surface area (Å²) < 4.78 is 46.9. The zero-order chi connectivity index (χ0) is 19.2. The van der Waals surface area contributed by atoms with E-state index >= 15 is 0 Å². The zero-order valence-corrected chi connectivity index (χ0v) is 16.5. The second kappa shape index (κ2) is 6.82. The molecule has 0 bridgehead atoms. The number of aromatic nitrogens is 1. The maximum Gasteiger partial charge on any atom is 0.416 e. The second-order valence-corrected chi connectivity index (χ2v) is 7.87. The molecule has 1 aliphatic heterocycles. The lowest BCUT2D eigenvalue weighted by Gasteiger charge is -2.26. The lowest BCUT2D eigenvalue weighted by atomic mass is 10.2. The van der Waals surface area contributed by atoms with Crippen LogP contribution in [0.2, 0.25) is 0 Å². The quantitative estimate of drug-likeness (QED) is 0.504. The molecule has 3 aromatic rings. The number of furan rings is 1. The Morgan fingerprint density at radius 1 is 1.26 bits per heavy atom. The largest absolute Gasteiger partial charge is 0.451 e. The minimum absolute atomic E-state index is 0.138. The lowest BCUT2D eigenvalue weighted by molar-refractivity contribution is -0.137. The normalized spacial score (nSPS) is 15.0. The molecule has 0 saturated heterocycles. The van der Waals surface area contributed by atoms with Gasteiger partial charge in [-0.25, -0.2) is 4.99 Å². The number of alkyl halides is 3. The Labute approximate surface area is 168 Å². The van der Waals surface area contributed by atoms with Crippen molar-refractivity contribution in [2.24, 2.45) is 4.99 Å². The summed E-state index contributed by atoms with van der Waals surface area (Å²) in [5.41, 5.74) is -0.616. The molecule has 0 saturated carbocycles. The van der Waals surface area contributed by atoms with Crippen molar-refractivity contribution < 1.29 is 17.6 Å². The van der Waals surface area contributed by atoms with Crippen LogP contribution < -0.4 is 19.8 Å². The Morgan fingerprint density at radius 2 is 2.07 bits per heavy atom. The molecule has 5 nitrogen and oxygen atoms in total. The Kier molecular flexibility index (Phi) is 4.62. The molecule has 2 aromatic heterocycles. The molecule has 0 unspecified atom stereocenters. The van der Waals surface area contributed by atoms with Crippen LogP contribution in [0.1, 0.15) is 11.3 Å². The first-order chi connectivity index (χ1) is 12.8. The van der Waals surface area contributed by atoms with E-state index in [0.717, 1.165) is 12.1 Å². The van der Waals surface area contributed by atoms with Crippen LogP contribution in [0.5, 0.6) is 0 Å². The number of fused-ring (bicyclic) bond motifs is 1. The highest BCUT2D eigenvalue weighted by atomic mass is 127. The topological polar surface area (TPSA) is 50.7 Å². The fourth-order valence-electron chi connectivity index (χ4n) is 2.69. The van der Waals surface area contributed by atoms with Gasteiger partial charge < -0.3 is 9.32 Å². The number of hydrogen-bond acceptors (Lipinski definition) is 5. The van der Waals surface area contributed by atoms with E-state index in [2.05, 4.69) is 4.99 Å². The van der Waals surface area contributed by atoms with Crippen LogP contribution in [0.15, 0.2) is 50.6 Å². The van der Waals surface area contributed by atoms with Gasteiger partial charge in [0.2, 0.25) is 0 Å². The van der Waals surface area contributed by atoms with Gasteiger partial charge in [0.1, 0.15) is 19.1 Å². The van der Waals surface area contributed by atoms with Gasteiger partial charge >= 0.3 is 6.18 Å². The molecule has 3 heterocycles. The van der Waals surface area contributed by atoms with Crippen LogP contribution in [0.25, 0.3) is 6.08 Å². The number of hydrogen-bond donors (Lipinski definition) is 0. The molecular weight excluding hydrogens is 494 g/mol. The molecule has 4 rings (SSSR count). The van der Waals surface area contributed by atoms with E-state index in [0.29, 0.717) is 24.5 Å². The molecule has 27 heavy (non-hydrogen) atoms. The number of rotatable bonds is 2. The van der Waals surface area contributed by atoms with Gasteiger partial charge in [0.15, 0.2) is 8.57 Å². The van der Waals surface area contributed by atoms with Crippen molar-refractivity contribution in [3.05, 3.63) is 71.2 Å². The van der Waals surface area contributed by atoms with Crippen molar-refractivity contribution in [2.75, 3.05) is 11.6 Å². The zero-order valence-electron chi connectivity index (χ0n) is 13.5. The number of nitrogens with zero attached hydrogens (tertiary/aromatic N) is 3. The summed E-state index contributed by atoms with van der Waals surface area (Å²) in [5, 5.41) is 0. The summed E-state index contributed by atoms with van der Waals surface area (Å²) in [6.45, 7) is 0.318. The Balaban J connectivity index is 1.69. The summed E-state index contributed by atoms with van der Waals surface area (Å²) in [5.74, 6) is 0.561. The first kappa shape index (κ1) is 18.3. The third kappa shape index (κ3) is 3.68. The van der Waals surface area contributed by atoms with Gasteiger partial charge in [-0.05, 0) is 52.9 Å². The van der Waals surface area contributed by atoms with Gasteiger partial charge in [-0.2, -0.15) is 13.2 Å². The molecule has 1 aromatic carbocycles. The standard InChI is InChI=1S/C17H11F3IN3O2S/c18-17(19,20)10-2-1-3-11(6-10)23-8-22-16-24(9-23)15(25)13(27-16)7-12-4-5-14(21)26-12/h1-7H,8-9H2/b13-7+. The van der Waals surface area contributed by atoms with Crippen molar-refractivity contribution in [3.63, 3.8) is 0 Å². The highest BCUT2D eigenvalue weighted by molar-refractivity contribution is 14.1. The van der Waals surface area contributed by atoms with E-state index in [4.69, 9.17) is 4.42 Å². The van der Waals surface area contributed by atoms with Gasteiger partial charge in [0, 0.05) is 11.8 Å². The van der Waals surface area contributed by atoms with Crippen LogP contribution in [0.3, 0.4) is 0 Å². The van der Waals surface area contributed by atoms with Crippen molar-refractivity contribution in [1.82, 2.24) is 4.57 Å². The summed E-state index contributed by atoms with van der Waals surface area (Å²) >= 11 is 3.26. The summed E-state index contributed by atoms with van der Waals surface area (Å²) in [7, 11) is 0. The molecule has 0 fully saturated rings. The van der Waals surface area contributed by atoms with E-state index in [-0.39, 0.29) is 18.9 Å². The highest BCUT2D eigenvalue weighted by Crippen LogP contribution is 2.31. The van der Waals surface area contributed by atoms with Gasteiger partial charge in [0.25, 0.3) is 5.56 Å². The average Bonchev–Trinajstić information content (AvgIpc) is 3.18. The monoisotopic (exact) mass is 505 g/mol. The molecule has 0 N–H and O–H groups in total. The second-order valence-electron chi connectivity index (χ2n) is 5.80. The SMILES string of the molecule is O=c1/c(=C\c2ccc(I)o2)sc2n1CN(c1cccc(C(F)(F)F)c1)CN=2. The van der Waals surface area contributed by atoms with Crippen LogP contribution in [0.4, 0.5) is 18.9 Å². The Bertz CT molecular complexity index is 1180. The maximum absolute atomic E-state index is 12.9. The minimum Gasteiger partial charge on any atom is -0.451 e. The van der Waals surface area contributed by atoms with Crippen LogP contribution in [-0.4, -0.2) is 11.2 Å². The van der Waals surface area contributed by atoms with Crippen LogP contribution in [-0.2, 0) is 12.8 Å². The smallest absolute Gasteiger partial charge is 0.416 e. The molecule has 10 heteroatoms. The van der Waals surface area contributed by atoms with Crippen molar-refractivity contribution in [2.45, 2.75) is 12.8 Å². The van der Waals surface area contributed by atoms with E-state index in [9.17, 15) is 18.0 Å². The third-order valence-electron chi connectivity index (χ3n) is 3.98. The molecule has 0 atom stereocenters. The van der Waals surface area contributed by atoms with E-state index < -0.39 is 11.7 Å². The van der Waals surface area contributed by atoms with E-state index in [1.807, 2.05) is 22.6 Å². The van der Waals surface area contributed by atoms with Gasteiger partial charge in [-0.15, -0.1) is 0 Å². The van der Waals surface area contributed by atoms with Crippen LogP contribution >= 0.6 is 33.9 Å². The molecule has 0 spiro atoms. The number of anilines is 1. The molecule has 140 valence electrons. The lowest BCUT2D eigenvalue weighted by Crippen LogP contribution is -2.42. The molecule has 0 aliphatic carbocycles. The van der Waals surface area contributed by atoms with Crippen LogP contribution in [0, 0.1) is 3.77 Å².